The fraction of sp³-hybridized carbons (Fsp3) is 0.364. The Bertz CT molecular complexity index is 484. The number of rotatable bonds is 4. The van der Waals surface area contributed by atoms with Crippen LogP contribution in [0.25, 0.3) is 10.2 Å². The van der Waals surface area contributed by atoms with Gasteiger partial charge in [0.05, 0.1) is 16.8 Å². The summed E-state index contributed by atoms with van der Waals surface area (Å²) in [5.41, 5.74) is 6.55. The summed E-state index contributed by atoms with van der Waals surface area (Å²) < 4.78 is 11.7. The molecule has 1 heterocycles. The summed E-state index contributed by atoms with van der Waals surface area (Å²) in [6, 6.07) is 5.76. The van der Waals surface area contributed by atoms with Crippen LogP contribution < -0.4 is 10.5 Å². The molecule has 1 atom stereocenters. The number of fused-ring (bicyclic) bond motifs is 1. The van der Waals surface area contributed by atoms with Crippen molar-refractivity contribution in [3.63, 3.8) is 0 Å². The maximum Gasteiger partial charge on any atom is 0.181 e. The van der Waals surface area contributed by atoms with Crippen molar-refractivity contribution in [3.05, 3.63) is 18.2 Å². The normalized spacial score (nSPS) is 12.9. The van der Waals surface area contributed by atoms with Crippen LogP contribution in [0, 0.1) is 0 Å². The topological polar surface area (TPSA) is 57.4 Å². The average Bonchev–Trinajstić information content (AvgIpc) is 2.57. The lowest BCUT2D eigenvalue weighted by Crippen LogP contribution is -2.17. The van der Waals surface area contributed by atoms with Gasteiger partial charge in [0.15, 0.2) is 5.13 Å². The van der Waals surface area contributed by atoms with Crippen LogP contribution in [0.15, 0.2) is 18.2 Å². The molecule has 2 rings (SSSR count). The number of methoxy groups -OCH3 is 1. The molecule has 2 aromatic rings. The molecular weight excluding hydrogens is 224 g/mol. The van der Waals surface area contributed by atoms with E-state index in [2.05, 4.69) is 4.98 Å². The summed E-state index contributed by atoms with van der Waals surface area (Å²) in [6.07, 6.45) is 0.0349. The van der Waals surface area contributed by atoms with E-state index in [4.69, 9.17) is 15.2 Å². The van der Waals surface area contributed by atoms with Crippen molar-refractivity contribution in [1.82, 2.24) is 4.98 Å². The Hall–Kier alpha value is -1.33. The highest BCUT2D eigenvalue weighted by molar-refractivity contribution is 7.22. The van der Waals surface area contributed by atoms with Crippen LogP contribution in [0.3, 0.4) is 0 Å². The van der Waals surface area contributed by atoms with Crippen molar-refractivity contribution in [2.45, 2.75) is 13.0 Å². The number of nitrogens with two attached hydrogens (primary N) is 1. The molecule has 16 heavy (non-hydrogen) atoms. The second kappa shape index (κ2) is 4.67. The van der Waals surface area contributed by atoms with Crippen molar-refractivity contribution in [1.29, 1.82) is 0 Å². The van der Waals surface area contributed by atoms with E-state index in [1.807, 2.05) is 25.1 Å². The molecule has 0 amide bonds. The minimum absolute atomic E-state index is 0.0349. The molecule has 86 valence electrons. The number of nitrogen functional groups attached to an aromatic ring is 1. The lowest BCUT2D eigenvalue weighted by atomic mass is 10.3. The van der Waals surface area contributed by atoms with Crippen LogP contribution in [-0.4, -0.2) is 24.8 Å². The first-order chi connectivity index (χ1) is 7.69. The molecule has 0 aliphatic carbocycles. The highest BCUT2D eigenvalue weighted by Gasteiger charge is 2.06. The molecule has 0 aliphatic heterocycles. The fourth-order valence-corrected chi connectivity index (χ4v) is 2.26. The highest BCUT2D eigenvalue weighted by Crippen LogP contribution is 2.27. The third-order valence-electron chi connectivity index (χ3n) is 2.12. The fourth-order valence-electron chi connectivity index (χ4n) is 1.50. The Balaban J connectivity index is 2.18. The molecule has 0 bridgehead atoms. The second-order valence-electron chi connectivity index (χ2n) is 3.57. The van der Waals surface area contributed by atoms with Gasteiger partial charge in [-0.2, -0.15) is 0 Å². The van der Waals surface area contributed by atoms with Gasteiger partial charge in [-0.15, -0.1) is 0 Å². The van der Waals surface area contributed by atoms with E-state index in [0.717, 1.165) is 16.0 Å². The summed E-state index contributed by atoms with van der Waals surface area (Å²) in [5.74, 6) is 0.820. The minimum Gasteiger partial charge on any atom is -0.488 e. The number of nitrogens with zero attached hydrogens (tertiary/aromatic N) is 1. The number of anilines is 1. The van der Waals surface area contributed by atoms with Crippen molar-refractivity contribution in [2.75, 3.05) is 19.5 Å². The number of aromatic nitrogens is 1. The molecule has 2 N–H and O–H groups in total. The Morgan fingerprint density at radius 2 is 2.31 bits per heavy atom. The summed E-state index contributed by atoms with van der Waals surface area (Å²) in [6.45, 7) is 2.54. The SMILES string of the molecule is COCC(C)Oc1ccc2nc(N)sc2c1. The van der Waals surface area contributed by atoms with Gasteiger partial charge < -0.3 is 15.2 Å². The largest absolute Gasteiger partial charge is 0.488 e. The summed E-state index contributed by atoms with van der Waals surface area (Å²) in [5, 5.41) is 0.581. The maximum atomic E-state index is 5.69. The third kappa shape index (κ3) is 2.43. The van der Waals surface area contributed by atoms with Crippen LogP contribution in [0.5, 0.6) is 5.75 Å². The molecule has 0 fully saturated rings. The monoisotopic (exact) mass is 238 g/mol. The van der Waals surface area contributed by atoms with E-state index in [1.54, 1.807) is 7.11 Å². The molecule has 0 saturated heterocycles. The molecular formula is C11H14N2O2S. The Kier molecular flexibility index (Phi) is 3.26. The van der Waals surface area contributed by atoms with Gasteiger partial charge in [-0.3, -0.25) is 0 Å². The molecule has 0 radical (unpaired) electrons. The maximum absolute atomic E-state index is 5.69. The van der Waals surface area contributed by atoms with Crippen molar-refractivity contribution in [2.24, 2.45) is 0 Å². The predicted molar refractivity (Wildman–Crippen MR) is 66.0 cm³/mol. The van der Waals surface area contributed by atoms with Crippen molar-refractivity contribution < 1.29 is 9.47 Å². The summed E-state index contributed by atoms with van der Waals surface area (Å²) in [7, 11) is 1.66. The third-order valence-corrected chi connectivity index (χ3v) is 2.96. The zero-order chi connectivity index (χ0) is 11.5. The first-order valence-electron chi connectivity index (χ1n) is 5.00. The molecule has 0 aliphatic rings. The molecule has 1 aromatic carbocycles. The molecule has 1 aromatic heterocycles. The average molecular weight is 238 g/mol. The number of thiazole rings is 1. The van der Waals surface area contributed by atoms with Gasteiger partial charge >= 0.3 is 0 Å². The van der Waals surface area contributed by atoms with Crippen LogP contribution in [-0.2, 0) is 4.74 Å². The molecule has 1 unspecified atom stereocenters. The highest BCUT2D eigenvalue weighted by atomic mass is 32.1. The van der Waals surface area contributed by atoms with Crippen LogP contribution in [0.1, 0.15) is 6.92 Å². The quantitative estimate of drug-likeness (QED) is 0.888. The van der Waals surface area contributed by atoms with E-state index < -0.39 is 0 Å². The van der Waals surface area contributed by atoms with E-state index in [1.165, 1.54) is 11.3 Å². The second-order valence-corrected chi connectivity index (χ2v) is 4.63. The first-order valence-corrected chi connectivity index (χ1v) is 5.82. The zero-order valence-corrected chi connectivity index (χ0v) is 10.1. The van der Waals surface area contributed by atoms with Crippen LogP contribution in [0.4, 0.5) is 5.13 Å². The van der Waals surface area contributed by atoms with Crippen LogP contribution in [0.2, 0.25) is 0 Å². The van der Waals surface area contributed by atoms with Crippen molar-refractivity contribution in [3.8, 4) is 5.75 Å². The van der Waals surface area contributed by atoms with Gasteiger partial charge in [0.1, 0.15) is 11.9 Å². The van der Waals surface area contributed by atoms with E-state index in [0.29, 0.717) is 11.7 Å². The van der Waals surface area contributed by atoms with Gasteiger partial charge in [0, 0.05) is 7.11 Å². The molecule has 5 heteroatoms. The number of hydrogen-bond donors (Lipinski definition) is 1. The van der Waals surface area contributed by atoms with E-state index in [9.17, 15) is 0 Å². The lowest BCUT2D eigenvalue weighted by Gasteiger charge is -2.13. The van der Waals surface area contributed by atoms with E-state index in [-0.39, 0.29) is 6.10 Å². The lowest BCUT2D eigenvalue weighted by molar-refractivity contribution is 0.0922. The first kappa shape index (κ1) is 11.2. The Morgan fingerprint density at radius 1 is 1.50 bits per heavy atom. The van der Waals surface area contributed by atoms with Gasteiger partial charge in [-0.1, -0.05) is 11.3 Å². The van der Waals surface area contributed by atoms with E-state index >= 15 is 0 Å². The number of ether oxygens (including phenoxy) is 2. The van der Waals surface area contributed by atoms with Gasteiger partial charge in [-0.25, -0.2) is 4.98 Å². The molecule has 0 saturated carbocycles. The van der Waals surface area contributed by atoms with Gasteiger partial charge in [-0.05, 0) is 25.1 Å². The van der Waals surface area contributed by atoms with Crippen molar-refractivity contribution >= 4 is 26.7 Å². The van der Waals surface area contributed by atoms with Crippen LogP contribution >= 0.6 is 11.3 Å². The minimum atomic E-state index is 0.0349. The zero-order valence-electron chi connectivity index (χ0n) is 9.27. The molecule has 4 nitrogen and oxygen atoms in total. The predicted octanol–water partition coefficient (Wildman–Crippen LogP) is 2.29. The number of hydrogen-bond acceptors (Lipinski definition) is 5. The standard InChI is InChI=1S/C11H14N2O2S/c1-7(6-14-2)15-8-3-4-9-10(5-8)16-11(12)13-9/h3-5,7H,6H2,1-2H3,(H2,12,13). The van der Waals surface area contributed by atoms with Gasteiger partial charge in [0.25, 0.3) is 0 Å². The smallest absolute Gasteiger partial charge is 0.181 e. The Labute approximate surface area is 98.0 Å². The van der Waals surface area contributed by atoms with Gasteiger partial charge in [0.2, 0.25) is 0 Å². The summed E-state index contributed by atoms with van der Waals surface area (Å²) >= 11 is 1.46. The molecule has 0 spiro atoms. The summed E-state index contributed by atoms with van der Waals surface area (Å²) in [4.78, 5) is 4.19. The number of benzene rings is 1. The Morgan fingerprint density at radius 3 is 3.06 bits per heavy atom.